The molecule has 1 heterocycles. The highest BCUT2D eigenvalue weighted by Gasteiger charge is 2.31. The lowest BCUT2D eigenvalue weighted by molar-refractivity contribution is -0.116. The van der Waals surface area contributed by atoms with Crippen LogP contribution in [0.15, 0.2) is 29.4 Å². The van der Waals surface area contributed by atoms with E-state index in [-0.39, 0.29) is 5.91 Å². The highest BCUT2D eigenvalue weighted by atomic mass is 16.5. The van der Waals surface area contributed by atoms with E-state index in [0.717, 1.165) is 17.1 Å². The van der Waals surface area contributed by atoms with E-state index in [1.54, 1.807) is 7.11 Å². The van der Waals surface area contributed by atoms with Crippen molar-refractivity contribution < 1.29 is 9.53 Å². The molecule has 1 aliphatic heterocycles. The third-order valence-electron chi connectivity index (χ3n) is 3.94. The molecule has 1 aliphatic carbocycles. The van der Waals surface area contributed by atoms with Crippen molar-refractivity contribution in [3.8, 4) is 5.75 Å². The summed E-state index contributed by atoms with van der Waals surface area (Å²) in [5, 5.41) is 6.07. The van der Waals surface area contributed by atoms with Gasteiger partial charge in [-0.25, -0.2) is 5.01 Å². The van der Waals surface area contributed by atoms with Gasteiger partial charge in [0.1, 0.15) is 5.75 Å². The molecule has 0 spiro atoms. The maximum atomic E-state index is 12.1. The number of anilines is 1. The summed E-state index contributed by atoms with van der Waals surface area (Å²) in [6.45, 7) is 0. The number of ether oxygens (including phenoxy) is 1. The van der Waals surface area contributed by atoms with Crippen molar-refractivity contribution in [2.45, 2.75) is 32.1 Å². The predicted octanol–water partition coefficient (Wildman–Crippen LogP) is 2.98. The van der Waals surface area contributed by atoms with Crippen LogP contribution in [0.1, 0.15) is 32.1 Å². The first kappa shape index (κ1) is 12.2. The first-order chi connectivity index (χ1) is 9.28. The molecule has 3 rings (SSSR count). The van der Waals surface area contributed by atoms with Gasteiger partial charge in [-0.2, -0.15) is 5.10 Å². The van der Waals surface area contributed by atoms with Gasteiger partial charge in [-0.05, 0) is 43.0 Å². The van der Waals surface area contributed by atoms with Crippen molar-refractivity contribution in [1.82, 2.24) is 0 Å². The van der Waals surface area contributed by atoms with Crippen LogP contribution in [-0.2, 0) is 4.79 Å². The molecule has 1 amide bonds. The van der Waals surface area contributed by atoms with E-state index in [1.165, 1.54) is 30.7 Å². The van der Waals surface area contributed by atoms with Crippen molar-refractivity contribution in [2.24, 2.45) is 11.0 Å². The minimum atomic E-state index is 0.0760. The molecule has 19 heavy (non-hydrogen) atoms. The van der Waals surface area contributed by atoms with E-state index in [0.29, 0.717) is 12.3 Å². The molecule has 0 bridgehead atoms. The van der Waals surface area contributed by atoms with Gasteiger partial charge < -0.3 is 4.74 Å². The normalized spacial score (nSPS) is 19.9. The average molecular weight is 258 g/mol. The fourth-order valence-electron chi connectivity index (χ4n) is 2.86. The lowest BCUT2D eigenvalue weighted by Gasteiger charge is -2.12. The number of carbonyl (C=O) groups is 1. The van der Waals surface area contributed by atoms with Gasteiger partial charge in [0, 0.05) is 0 Å². The number of nitrogens with zero attached hydrogens (tertiary/aromatic N) is 2. The largest absolute Gasteiger partial charge is 0.497 e. The molecule has 0 unspecified atom stereocenters. The van der Waals surface area contributed by atoms with Crippen molar-refractivity contribution in [3.05, 3.63) is 24.3 Å². The van der Waals surface area contributed by atoms with Crippen LogP contribution >= 0.6 is 0 Å². The van der Waals surface area contributed by atoms with Crippen LogP contribution in [0, 0.1) is 5.92 Å². The number of amides is 1. The lowest BCUT2D eigenvalue weighted by atomic mass is 10.00. The van der Waals surface area contributed by atoms with Gasteiger partial charge in [0.2, 0.25) is 0 Å². The summed E-state index contributed by atoms with van der Waals surface area (Å²) >= 11 is 0. The van der Waals surface area contributed by atoms with E-state index in [4.69, 9.17) is 4.74 Å². The summed E-state index contributed by atoms with van der Waals surface area (Å²) in [7, 11) is 1.63. The van der Waals surface area contributed by atoms with Crippen molar-refractivity contribution in [2.75, 3.05) is 12.1 Å². The van der Waals surface area contributed by atoms with E-state index >= 15 is 0 Å². The van der Waals surface area contributed by atoms with Crippen LogP contribution in [-0.4, -0.2) is 18.7 Å². The van der Waals surface area contributed by atoms with Crippen LogP contribution in [0.2, 0.25) is 0 Å². The van der Waals surface area contributed by atoms with Crippen molar-refractivity contribution >= 4 is 17.3 Å². The van der Waals surface area contributed by atoms with Crippen LogP contribution in [0.25, 0.3) is 0 Å². The SMILES string of the molecule is COc1ccc(N2N=C(C3CCCC3)CC2=O)cc1. The Hall–Kier alpha value is -1.84. The highest BCUT2D eigenvalue weighted by Crippen LogP contribution is 2.31. The molecule has 100 valence electrons. The average Bonchev–Trinajstić information content (AvgIpc) is 3.08. The van der Waals surface area contributed by atoms with E-state index < -0.39 is 0 Å². The summed E-state index contributed by atoms with van der Waals surface area (Å²) < 4.78 is 5.12. The Morgan fingerprint density at radius 2 is 1.89 bits per heavy atom. The van der Waals surface area contributed by atoms with Crippen molar-refractivity contribution in [1.29, 1.82) is 0 Å². The number of rotatable bonds is 3. The first-order valence-corrected chi connectivity index (χ1v) is 6.82. The molecular weight excluding hydrogens is 240 g/mol. The van der Waals surface area contributed by atoms with Crippen LogP contribution < -0.4 is 9.75 Å². The van der Waals surface area contributed by atoms with E-state index in [9.17, 15) is 4.79 Å². The summed E-state index contributed by atoms with van der Waals surface area (Å²) in [5.74, 6) is 1.38. The van der Waals surface area contributed by atoms with Crippen LogP contribution in [0.5, 0.6) is 5.75 Å². The zero-order valence-electron chi connectivity index (χ0n) is 11.1. The third-order valence-corrected chi connectivity index (χ3v) is 3.94. The van der Waals surface area contributed by atoms with Gasteiger partial charge in [-0.15, -0.1) is 0 Å². The quantitative estimate of drug-likeness (QED) is 0.836. The monoisotopic (exact) mass is 258 g/mol. The molecule has 2 aliphatic rings. The number of hydrazone groups is 1. The number of benzene rings is 1. The number of hydrogen-bond donors (Lipinski definition) is 0. The molecule has 0 saturated heterocycles. The molecule has 1 aromatic carbocycles. The van der Waals surface area contributed by atoms with E-state index in [2.05, 4.69) is 5.10 Å². The maximum absolute atomic E-state index is 12.1. The third kappa shape index (κ3) is 2.35. The molecule has 0 radical (unpaired) electrons. The molecule has 1 saturated carbocycles. The molecule has 4 heteroatoms. The fraction of sp³-hybridized carbons (Fsp3) is 0.467. The minimum absolute atomic E-state index is 0.0760. The first-order valence-electron chi connectivity index (χ1n) is 6.82. The Kier molecular flexibility index (Phi) is 3.23. The molecular formula is C15H18N2O2. The van der Waals surface area contributed by atoms with Gasteiger partial charge in [-0.3, -0.25) is 4.79 Å². The van der Waals surface area contributed by atoms with Gasteiger partial charge in [0.05, 0.1) is 24.9 Å². The van der Waals surface area contributed by atoms with Gasteiger partial charge in [0.15, 0.2) is 0 Å². The molecule has 4 nitrogen and oxygen atoms in total. The number of methoxy groups -OCH3 is 1. The van der Waals surface area contributed by atoms with E-state index in [1.807, 2.05) is 24.3 Å². The highest BCUT2D eigenvalue weighted by molar-refractivity contribution is 6.13. The molecule has 0 atom stereocenters. The van der Waals surface area contributed by atoms with Crippen LogP contribution in [0.3, 0.4) is 0 Å². The van der Waals surface area contributed by atoms with Crippen molar-refractivity contribution in [3.63, 3.8) is 0 Å². The molecule has 0 N–H and O–H groups in total. The molecule has 0 aromatic heterocycles. The Labute approximate surface area is 113 Å². The second kappa shape index (κ2) is 5.03. The summed E-state index contributed by atoms with van der Waals surface area (Å²) in [4.78, 5) is 12.1. The Balaban J connectivity index is 1.81. The zero-order chi connectivity index (χ0) is 13.2. The van der Waals surface area contributed by atoms with Gasteiger partial charge >= 0.3 is 0 Å². The summed E-state index contributed by atoms with van der Waals surface area (Å²) in [6.07, 6.45) is 5.38. The smallest absolute Gasteiger partial charge is 0.253 e. The second-order valence-electron chi connectivity index (χ2n) is 5.15. The predicted molar refractivity (Wildman–Crippen MR) is 74.5 cm³/mol. The number of carbonyl (C=O) groups excluding carboxylic acids is 1. The van der Waals surface area contributed by atoms with Gasteiger partial charge in [-0.1, -0.05) is 12.8 Å². The summed E-state index contributed by atoms with van der Waals surface area (Å²) in [5.41, 5.74) is 1.89. The van der Waals surface area contributed by atoms with Gasteiger partial charge in [0.25, 0.3) is 5.91 Å². The number of hydrogen-bond acceptors (Lipinski definition) is 3. The molecule has 1 aromatic rings. The Bertz CT molecular complexity index is 501. The maximum Gasteiger partial charge on any atom is 0.253 e. The second-order valence-corrected chi connectivity index (χ2v) is 5.15. The Morgan fingerprint density at radius 1 is 1.21 bits per heavy atom. The zero-order valence-corrected chi connectivity index (χ0v) is 11.1. The topological polar surface area (TPSA) is 41.9 Å². The minimum Gasteiger partial charge on any atom is -0.497 e. The standard InChI is InChI=1S/C15H18N2O2/c1-19-13-8-6-12(7-9-13)17-15(18)10-14(16-17)11-4-2-3-5-11/h6-9,11H,2-5,10H2,1H3. The lowest BCUT2D eigenvalue weighted by Crippen LogP contribution is -2.19. The molecule has 1 fully saturated rings. The fourth-order valence-corrected chi connectivity index (χ4v) is 2.86. The van der Waals surface area contributed by atoms with Crippen LogP contribution in [0.4, 0.5) is 5.69 Å². The Morgan fingerprint density at radius 3 is 2.53 bits per heavy atom. The summed E-state index contributed by atoms with van der Waals surface area (Å²) in [6, 6.07) is 7.45.